The Labute approximate surface area is 107 Å². The Hall–Kier alpha value is -1.20. The first-order valence-corrected chi connectivity index (χ1v) is 7.82. The molecule has 98 valence electrons. The molecule has 2 rings (SSSR count). The highest BCUT2D eigenvalue weighted by molar-refractivity contribution is 7.91. The molecule has 4 nitrogen and oxygen atoms in total. The molecule has 1 fully saturated rings. The van der Waals surface area contributed by atoms with Crippen LogP contribution in [0.15, 0.2) is 24.3 Å². The minimum absolute atomic E-state index is 0.000650. The molecule has 0 spiro atoms. The summed E-state index contributed by atoms with van der Waals surface area (Å²) in [6.45, 7) is 2.17. The van der Waals surface area contributed by atoms with Crippen LogP contribution in [0.3, 0.4) is 0 Å². The molecular weight excluding hydrogens is 250 g/mol. The van der Waals surface area contributed by atoms with E-state index < -0.39 is 9.84 Å². The van der Waals surface area contributed by atoms with Crippen LogP contribution in [0.5, 0.6) is 0 Å². The number of benzene rings is 1. The van der Waals surface area contributed by atoms with Gasteiger partial charge in [-0.1, -0.05) is 29.8 Å². The van der Waals surface area contributed by atoms with E-state index in [0.717, 1.165) is 5.56 Å². The first-order chi connectivity index (χ1) is 8.46. The SMILES string of the molecule is Cc1ccc(C(=O)CNC2CCS(=O)(=O)C2)cc1. The molecule has 0 aliphatic carbocycles. The van der Waals surface area contributed by atoms with Crippen molar-refractivity contribution in [2.45, 2.75) is 19.4 Å². The van der Waals surface area contributed by atoms with Crippen molar-refractivity contribution < 1.29 is 13.2 Å². The average molecular weight is 267 g/mol. The van der Waals surface area contributed by atoms with Crippen molar-refractivity contribution in [2.75, 3.05) is 18.1 Å². The van der Waals surface area contributed by atoms with Crippen LogP contribution in [0.2, 0.25) is 0 Å². The maximum atomic E-state index is 11.9. The summed E-state index contributed by atoms with van der Waals surface area (Å²) in [5.74, 6) is 0.372. The zero-order chi connectivity index (χ0) is 13.2. The lowest BCUT2D eigenvalue weighted by molar-refractivity contribution is 0.0988. The van der Waals surface area contributed by atoms with Gasteiger partial charge in [-0.3, -0.25) is 4.79 Å². The van der Waals surface area contributed by atoms with Crippen molar-refractivity contribution in [3.05, 3.63) is 35.4 Å². The van der Waals surface area contributed by atoms with Gasteiger partial charge in [0, 0.05) is 11.6 Å². The van der Waals surface area contributed by atoms with Crippen LogP contribution >= 0.6 is 0 Å². The molecule has 0 saturated carbocycles. The first-order valence-electron chi connectivity index (χ1n) is 6.00. The molecule has 0 radical (unpaired) electrons. The molecule has 1 aromatic carbocycles. The van der Waals surface area contributed by atoms with Gasteiger partial charge in [-0.05, 0) is 13.3 Å². The number of carbonyl (C=O) groups excluding carboxylic acids is 1. The van der Waals surface area contributed by atoms with Crippen molar-refractivity contribution in [1.82, 2.24) is 5.32 Å². The van der Waals surface area contributed by atoms with E-state index in [1.807, 2.05) is 19.1 Å². The number of hydrogen-bond donors (Lipinski definition) is 1. The van der Waals surface area contributed by atoms with Crippen LogP contribution in [-0.4, -0.2) is 38.3 Å². The number of rotatable bonds is 4. The second-order valence-electron chi connectivity index (χ2n) is 4.77. The lowest BCUT2D eigenvalue weighted by Crippen LogP contribution is -2.34. The summed E-state index contributed by atoms with van der Waals surface area (Å²) < 4.78 is 22.5. The van der Waals surface area contributed by atoms with Crippen molar-refractivity contribution >= 4 is 15.6 Å². The van der Waals surface area contributed by atoms with E-state index in [1.165, 1.54) is 0 Å². The Bertz CT molecular complexity index is 534. The predicted molar refractivity (Wildman–Crippen MR) is 70.6 cm³/mol. The molecule has 18 heavy (non-hydrogen) atoms. The van der Waals surface area contributed by atoms with Gasteiger partial charge < -0.3 is 5.32 Å². The lowest BCUT2D eigenvalue weighted by Gasteiger charge is -2.09. The Balaban J connectivity index is 1.87. The first kappa shape index (κ1) is 13.2. The van der Waals surface area contributed by atoms with Crippen molar-refractivity contribution in [3.8, 4) is 0 Å². The third-order valence-electron chi connectivity index (χ3n) is 3.16. The Kier molecular flexibility index (Phi) is 3.82. The predicted octanol–water partition coefficient (Wildman–Crippen LogP) is 0.954. The van der Waals surface area contributed by atoms with Gasteiger partial charge in [0.1, 0.15) is 0 Å². The van der Waals surface area contributed by atoms with Gasteiger partial charge in [-0.15, -0.1) is 0 Å². The van der Waals surface area contributed by atoms with Gasteiger partial charge in [0.2, 0.25) is 0 Å². The number of ketones is 1. The number of hydrogen-bond acceptors (Lipinski definition) is 4. The Morgan fingerprint density at radius 3 is 2.56 bits per heavy atom. The fourth-order valence-corrected chi connectivity index (χ4v) is 3.74. The molecule has 0 amide bonds. The normalized spacial score (nSPS) is 21.9. The molecule has 1 unspecified atom stereocenters. The molecule has 0 bridgehead atoms. The van der Waals surface area contributed by atoms with E-state index in [1.54, 1.807) is 12.1 Å². The monoisotopic (exact) mass is 267 g/mol. The van der Waals surface area contributed by atoms with E-state index in [9.17, 15) is 13.2 Å². The van der Waals surface area contributed by atoms with Crippen molar-refractivity contribution in [1.29, 1.82) is 0 Å². The van der Waals surface area contributed by atoms with Gasteiger partial charge in [0.15, 0.2) is 15.6 Å². The van der Waals surface area contributed by atoms with Crippen LogP contribution < -0.4 is 5.32 Å². The highest BCUT2D eigenvalue weighted by Crippen LogP contribution is 2.11. The summed E-state index contributed by atoms with van der Waals surface area (Å²) >= 11 is 0. The molecule has 5 heteroatoms. The highest BCUT2D eigenvalue weighted by Gasteiger charge is 2.27. The fourth-order valence-electron chi connectivity index (χ4n) is 2.03. The minimum Gasteiger partial charge on any atom is -0.306 e. The lowest BCUT2D eigenvalue weighted by atomic mass is 10.1. The molecule has 1 N–H and O–H groups in total. The molecule has 1 saturated heterocycles. The number of nitrogens with one attached hydrogen (secondary N) is 1. The van der Waals surface area contributed by atoms with Crippen LogP contribution in [0.4, 0.5) is 0 Å². The van der Waals surface area contributed by atoms with Crippen LogP contribution in [0, 0.1) is 6.92 Å². The average Bonchev–Trinajstić information content (AvgIpc) is 2.67. The van der Waals surface area contributed by atoms with E-state index in [0.29, 0.717) is 12.0 Å². The molecule has 1 aliphatic heterocycles. The zero-order valence-electron chi connectivity index (χ0n) is 10.3. The number of sulfone groups is 1. The van der Waals surface area contributed by atoms with Crippen molar-refractivity contribution in [3.63, 3.8) is 0 Å². The minimum atomic E-state index is -2.89. The Morgan fingerprint density at radius 1 is 1.33 bits per heavy atom. The highest BCUT2D eigenvalue weighted by atomic mass is 32.2. The summed E-state index contributed by atoms with van der Waals surface area (Å²) in [5.41, 5.74) is 1.77. The van der Waals surface area contributed by atoms with Crippen molar-refractivity contribution in [2.24, 2.45) is 0 Å². The molecular formula is C13H17NO3S. The summed E-state index contributed by atoms with van der Waals surface area (Å²) in [6.07, 6.45) is 0.601. The standard InChI is InChI=1S/C13H17NO3S/c1-10-2-4-11(5-3-10)13(15)8-14-12-6-7-18(16,17)9-12/h2-5,12,14H,6-9H2,1H3. The van der Waals surface area contributed by atoms with Gasteiger partial charge >= 0.3 is 0 Å². The van der Waals surface area contributed by atoms with E-state index in [-0.39, 0.29) is 29.9 Å². The Morgan fingerprint density at radius 2 is 2.00 bits per heavy atom. The zero-order valence-corrected chi connectivity index (χ0v) is 11.2. The van der Waals surface area contributed by atoms with E-state index in [2.05, 4.69) is 5.32 Å². The van der Waals surface area contributed by atoms with Gasteiger partial charge in [-0.25, -0.2) is 8.42 Å². The third kappa shape index (κ3) is 3.40. The van der Waals surface area contributed by atoms with Crippen LogP contribution in [-0.2, 0) is 9.84 Å². The fraction of sp³-hybridized carbons (Fsp3) is 0.462. The van der Waals surface area contributed by atoms with Gasteiger partial charge in [0.05, 0.1) is 18.1 Å². The molecule has 1 aliphatic rings. The van der Waals surface area contributed by atoms with E-state index in [4.69, 9.17) is 0 Å². The third-order valence-corrected chi connectivity index (χ3v) is 4.93. The quantitative estimate of drug-likeness (QED) is 0.825. The number of Topliss-reactive ketones (excluding diaryl/α,β-unsaturated/α-hetero) is 1. The van der Waals surface area contributed by atoms with E-state index >= 15 is 0 Å². The largest absolute Gasteiger partial charge is 0.306 e. The second-order valence-corrected chi connectivity index (χ2v) is 7.00. The number of aryl methyl sites for hydroxylation is 1. The molecule has 0 aromatic heterocycles. The molecule has 1 heterocycles. The summed E-state index contributed by atoms with van der Waals surface area (Å²) in [7, 11) is -2.89. The maximum Gasteiger partial charge on any atom is 0.176 e. The molecule has 1 atom stereocenters. The number of carbonyl (C=O) groups is 1. The maximum absolute atomic E-state index is 11.9. The summed E-state index contributed by atoms with van der Waals surface area (Å²) in [4.78, 5) is 11.9. The summed E-state index contributed by atoms with van der Waals surface area (Å²) in [6, 6.07) is 7.31. The summed E-state index contributed by atoms with van der Waals surface area (Å²) in [5, 5.41) is 3.02. The smallest absolute Gasteiger partial charge is 0.176 e. The van der Waals surface area contributed by atoms with Gasteiger partial charge in [0.25, 0.3) is 0 Å². The second kappa shape index (κ2) is 5.20. The molecule has 1 aromatic rings. The van der Waals surface area contributed by atoms with Crippen LogP contribution in [0.25, 0.3) is 0 Å². The topological polar surface area (TPSA) is 63.2 Å². The van der Waals surface area contributed by atoms with Gasteiger partial charge in [-0.2, -0.15) is 0 Å². The van der Waals surface area contributed by atoms with Crippen LogP contribution in [0.1, 0.15) is 22.3 Å².